The number of nitrogens with one attached hydrogen (secondary N) is 3. The molecule has 4 bridgehead atoms. The van der Waals surface area contributed by atoms with Crippen molar-refractivity contribution >= 4 is 17.7 Å². The Bertz CT molecular complexity index is 1380. The van der Waals surface area contributed by atoms with Crippen molar-refractivity contribution in [2.75, 3.05) is 39.3 Å². The molecule has 0 spiro atoms. The van der Waals surface area contributed by atoms with Gasteiger partial charge in [-0.15, -0.1) is 0 Å². The third-order valence-electron chi connectivity index (χ3n) is 7.96. The average Bonchev–Trinajstić information content (AvgIpc) is 3.01. The van der Waals surface area contributed by atoms with Gasteiger partial charge >= 0.3 is 0 Å². The fraction of sp³-hybridized carbons (Fsp3) is 0.364. The van der Waals surface area contributed by atoms with Gasteiger partial charge in [-0.05, 0) is 104 Å². The number of phenolic OH excluding ortho intramolecular Hbond substituents is 1. The second-order valence-corrected chi connectivity index (χ2v) is 10.9. The van der Waals surface area contributed by atoms with Gasteiger partial charge in [0.05, 0.1) is 6.54 Å². The van der Waals surface area contributed by atoms with Crippen LogP contribution >= 0.6 is 0 Å². The van der Waals surface area contributed by atoms with Crippen molar-refractivity contribution in [3.63, 3.8) is 0 Å². The number of amides is 3. The van der Waals surface area contributed by atoms with Crippen LogP contribution in [0.2, 0.25) is 0 Å². The zero-order valence-electron chi connectivity index (χ0n) is 23.3. The Hall–Kier alpha value is -4.17. The van der Waals surface area contributed by atoms with Crippen molar-refractivity contribution in [3.05, 3.63) is 89.0 Å². The number of piperidine rings is 1. The summed E-state index contributed by atoms with van der Waals surface area (Å²) in [7, 11) is 0. The maximum atomic E-state index is 13.5. The highest BCUT2D eigenvalue weighted by molar-refractivity contribution is 5.97. The molecule has 8 heteroatoms. The summed E-state index contributed by atoms with van der Waals surface area (Å²) in [5.74, 6) is 0.0543. The van der Waals surface area contributed by atoms with Crippen LogP contribution in [0.15, 0.2) is 66.7 Å². The van der Waals surface area contributed by atoms with Gasteiger partial charge in [-0.2, -0.15) is 0 Å². The maximum Gasteiger partial charge on any atom is 0.254 e. The van der Waals surface area contributed by atoms with E-state index in [0.717, 1.165) is 37.1 Å². The van der Waals surface area contributed by atoms with Gasteiger partial charge in [0.1, 0.15) is 5.75 Å². The van der Waals surface area contributed by atoms with E-state index in [-0.39, 0.29) is 30.0 Å². The lowest BCUT2D eigenvalue weighted by molar-refractivity contribution is -0.121. The summed E-state index contributed by atoms with van der Waals surface area (Å²) in [6.07, 6.45) is 4.05. The lowest BCUT2D eigenvalue weighted by atomic mass is 9.90. The predicted molar refractivity (Wildman–Crippen MR) is 159 cm³/mol. The number of phenols is 1. The molecule has 0 unspecified atom stereocenters. The molecule has 0 atom stereocenters. The molecule has 2 aliphatic rings. The number of fused-ring (bicyclic) bond motifs is 5. The highest BCUT2D eigenvalue weighted by Gasteiger charge is 2.21. The Kier molecular flexibility index (Phi) is 9.31. The molecule has 4 N–H and O–H groups in total. The smallest absolute Gasteiger partial charge is 0.254 e. The summed E-state index contributed by atoms with van der Waals surface area (Å²) in [4.78, 5) is 40.8. The fourth-order valence-corrected chi connectivity index (χ4v) is 5.59. The van der Waals surface area contributed by atoms with Crippen LogP contribution in [0.1, 0.15) is 63.4 Å². The zero-order valence-corrected chi connectivity index (χ0v) is 23.3. The highest BCUT2D eigenvalue weighted by Crippen LogP contribution is 2.31. The quantitative estimate of drug-likeness (QED) is 0.385. The molecule has 0 aromatic heterocycles. The van der Waals surface area contributed by atoms with Crippen LogP contribution in [0.3, 0.4) is 0 Å². The van der Waals surface area contributed by atoms with E-state index in [9.17, 15) is 19.5 Å². The Morgan fingerprint density at radius 3 is 2.41 bits per heavy atom. The fourth-order valence-electron chi connectivity index (χ4n) is 5.59. The van der Waals surface area contributed by atoms with E-state index in [4.69, 9.17) is 0 Å². The van der Waals surface area contributed by atoms with Gasteiger partial charge < -0.3 is 26.0 Å². The zero-order chi connectivity index (χ0) is 28.6. The van der Waals surface area contributed by atoms with Gasteiger partial charge in [-0.25, -0.2) is 0 Å². The number of benzene rings is 3. The molecule has 1 fully saturated rings. The van der Waals surface area contributed by atoms with E-state index in [2.05, 4.69) is 16.0 Å². The van der Waals surface area contributed by atoms with Crippen LogP contribution in [-0.2, 0) is 11.2 Å². The van der Waals surface area contributed by atoms with Gasteiger partial charge in [0.25, 0.3) is 11.8 Å². The molecule has 2 aliphatic heterocycles. The first-order valence-electron chi connectivity index (χ1n) is 14.5. The Morgan fingerprint density at radius 2 is 1.61 bits per heavy atom. The molecule has 0 saturated carbocycles. The molecular formula is C33H38N4O4. The Balaban J connectivity index is 1.31. The summed E-state index contributed by atoms with van der Waals surface area (Å²) in [6, 6.07) is 20.4. The minimum atomic E-state index is -0.217. The van der Waals surface area contributed by atoms with Crippen LogP contribution < -0.4 is 16.0 Å². The van der Waals surface area contributed by atoms with Crippen LogP contribution in [0.5, 0.6) is 5.75 Å². The van der Waals surface area contributed by atoms with E-state index in [1.54, 1.807) is 29.2 Å². The van der Waals surface area contributed by atoms with Crippen LogP contribution in [0.25, 0.3) is 11.1 Å². The summed E-state index contributed by atoms with van der Waals surface area (Å²) >= 11 is 0. The predicted octanol–water partition coefficient (Wildman–Crippen LogP) is 3.85. The van der Waals surface area contributed by atoms with Crippen molar-refractivity contribution in [1.29, 1.82) is 0 Å². The first kappa shape index (κ1) is 28.4. The lowest BCUT2D eigenvalue weighted by Crippen LogP contribution is -2.42. The average molecular weight is 555 g/mol. The molecule has 41 heavy (non-hydrogen) atoms. The van der Waals surface area contributed by atoms with E-state index >= 15 is 0 Å². The third-order valence-corrected chi connectivity index (χ3v) is 7.96. The second kappa shape index (κ2) is 13.5. The van der Waals surface area contributed by atoms with Crippen LogP contribution in [-0.4, -0.2) is 67.0 Å². The van der Waals surface area contributed by atoms with E-state index < -0.39 is 0 Å². The number of aromatic hydroxyl groups is 1. The largest absolute Gasteiger partial charge is 0.507 e. The van der Waals surface area contributed by atoms with Gasteiger partial charge in [0.15, 0.2) is 0 Å². The van der Waals surface area contributed by atoms with Crippen molar-refractivity contribution in [3.8, 4) is 16.9 Å². The number of hydrogen-bond donors (Lipinski definition) is 4. The number of rotatable bonds is 2. The number of carbonyl (C=O) groups excluding carboxylic acids is 3. The molecule has 3 amide bonds. The Morgan fingerprint density at radius 1 is 0.829 bits per heavy atom. The normalized spacial score (nSPS) is 17.6. The van der Waals surface area contributed by atoms with Gasteiger partial charge in [-0.1, -0.05) is 30.3 Å². The minimum absolute atomic E-state index is 0.0351. The molecule has 1 saturated heterocycles. The van der Waals surface area contributed by atoms with Gasteiger partial charge in [-0.3, -0.25) is 14.4 Å². The molecule has 0 aliphatic carbocycles. The second-order valence-electron chi connectivity index (χ2n) is 10.9. The van der Waals surface area contributed by atoms with E-state index in [0.29, 0.717) is 61.5 Å². The Labute approximate surface area is 241 Å². The highest BCUT2D eigenvalue weighted by atomic mass is 16.3. The van der Waals surface area contributed by atoms with Crippen molar-refractivity contribution in [1.82, 2.24) is 20.9 Å². The van der Waals surface area contributed by atoms with Crippen molar-refractivity contribution in [2.24, 2.45) is 0 Å². The topological polar surface area (TPSA) is 111 Å². The standard InChI is InChI=1S/C33H38N4O4/c38-30-11-6-23-12-18-35-31(39)22-37(33(41)26-9-7-24(8-10-26)25-13-16-34-17-14-25)19-2-1-15-36-32(40)28-5-3-4-27(21-28)29(30)20-23/h3-11,20-21,25,34,38H,1-2,12-19,22H2,(H,35,39)(H,36,40). The first-order valence-corrected chi connectivity index (χ1v) is 14.5. The molecule has 2 heterocycles. The lowest BCUT2D eigenvalue weighted by Gasteiger charge is -2.24. The van der Waals surface area contributed by atoms with E-state index in [1.165, 1.54) is 5.56 Å². The molecule has 3 aromatic rings. The summed E-state index contributed by atoms with van der Waals surface area (Å²) < 4.78 is 0. The SMILES string of the molecule is O=C1CN(C(=O)c2ccc(C3CCNCC3)cc2)CCCCNC(=O)c2cccc(c2)-c2cc(ccc2O)CCN1. The molecule has 3 aromatic carbocycles. The molecule has 214 valence electrons. The summed E-state index contributed by atoms with van der Waals surface area (Å²) in [5, 5.41) is 19.8. The molecule has 8 nitrogen and oxygen atoms in total. The summed E-state index contributed by atoms with van der Waals surface area (Å²) in [6.45, 7) is 3.24. The number of nitrogens with zero attached hydrogens (tertiary/aromatic N) is 1. The van der Waals surface area contributed by atoms with Crippen LogP contribution in [0.4, 0.5) is 0 Å². The molecular weight excluding hydrogens is 516 g/mol. The molecule has 0 radical (unpaired) electrons. The van der Waals surface area contributed by atoms with Crippen molar-refractivity contribution in [2.45, 2.75) is 38.0 Å². The monoisotopic (exact) mass is 554 g/mol. The molecule has 5 rings (SSSR count). The van der Waals surface area contributed by atoms with E-state index in [1.807, 2.05) is 42.5 Å². The first-order chi connectivity index (χ1) is 20.0. The summed E-state index contributed by atoms with van der Waals surface area (Å²) in [5.41, 5.74) is 4.66. The van der Waals surface area contributed by atoms with Gasteiger partial charge in [0.2, 0.25) is 5.91 Å². The van der Waals surface area contributed by atoms with Crippen molar-refractivity contribution < 1.29 is 19.5 Å². The maximum absolute atomic E-state index is 13.5. The van der Waals surface area contributed by atoms with Gasteiger partial charge in [0, 0.05) is 36.3 Å². The van der Waals surface area contributed by atoms with Crippen LogP contribution in [0, 0.1) is 0 Å². The number of carbonyl (C=O) groups is 3. The number of hydrogen-bond acceptors (Lipinski definition) is 5. The minimum Gasteiger partial charge on any atom is -0.507 e. The third kappa shape index (κ3) is 7.32.